The number of nitrogens with zero attached hydrogens (tertiary/aromatic N) is 1. The zero-order chi connectivity index (χ0) is 16.6. The van der Waals surface area contributed by atoms with E-state index in [2.05, 4.69) is 31.1 Å². The van der Waals surface area contributed by atoms with Crippen LogP contribution in [0.4, 0.5) is 5.13 Å². The molecule has 23 heavy (non-hydrogen) atoms. The fourth-order valence-corrected chi connectivity index (χ4v) is 4.21. The van der Waals surface area contributed by atoms with Crippen molar-refractivity contribution in [2.75, 3.05) is 5.32 Å². The number of carbonyl (C=O) groups is 1. The van der Waals surface area contributed by atoms with Gasteiger partial charge in [0.25, 0.3) is 5.91 Å². The molecular formula is C19H24N2OS. The van der Waals surface area contributed by atoms with Gasteiger partial charge in [-0.25, -0.2) is 4.98 Å². The highest BCUT2D eigenvalue weighted by Crippen LogP contribution is 2.40. The van der Waals surface area contributed by atoms with E-state index in [0.717, 1.165) is 23.5 Å². The first-order valence-electron chi connectivity index (χ1n) is 8.19. The Kier molecular flexibility index (Phi) is 4.28. The van der Waals surface area contributed by atoms with E-state index < -0.39 is 0 Å². The maximum absolute atomic E-state index is 12.4. The molecule has 1 aromatic heterocycles. The second-order valence-electron chi connectivity index (χ2n) is 7.52. The molecule has 122 valence electrons. The summed E-state index contributed by atoms with van der Waals surface area (Å²) in [4.78, 5) is 18.3. The van der Waals surface area contributed by atoms with Crippen LogP contribution in [0.25, 0.3) is 0 Å². The maximum atomic E-state index is 12.4. The van der Waals surface area contributed by atoms with Crippen LogP contribution in [0, 0.1) is 18.3 Å². The van der Waals surface area contributed by atoms with Crippen LogP contribution in [-0.2, 0) is 12.8 Å². The topological polar surface area (TPSA) is 42.0 Å². The number of rotatable bonds is 2. The van der Waals surface area contributed by atoms with E-state index in [1.165, 1.54) is 17.0 Å². The molecule has 1 aliphatic rings. The van der Waals surface area contributed by atoms with Crippen LogP contribution in [0.2, 0.25) is 0 Å². The van der Waals surface area contributed by atoms with Crippen molar-refractivity contribution in [2.45, 2.75) is 47.0 Å². The number of thiazole rings is 1. The number of aryl methyl sites for hydroxylation is 2. The van der Waals surface area contributed by atoms with E-state index in [9.17, 15) is 4.79 Å². The van der Waals surface area contributed by atoms with Gasteiger partial charge in [-0.15, -0.1) is 11.3 Å². The number of amides is 1. The van der Waals surface area contributed by atoms with Crippen LogP contribution in [0.1, 0.15) is 53.7 Å². The third-order valence-corrected chi connectivity index (χ3v) is 5.70. The molecule has 1 aliphatic carbocycles. The summed E-state index contributed by atoms with van der Waals surface area (Å²) in [6.45, 7) is 8.92. The molecule has 0 saturated carbocycles. The number of hydrogen-bond acceptors (Lipinski definition) is 3. The average Bonchev–Trinajstić information content (AvgIpc) is 2.87. The third-order valence-electron chi connectivity index (χ3n) is 4.67. The van der Waals surface area contributed by atoms with E-state index in [4.69, 9.17) is 0 Å². The Balaban J connectivity index is 1.74. The maximum Gasteiger partial charge on any atom is 0.257 e. The minimum Gasteiger partial charge on any atom is -0.298 e. The van der Waals surface area contributed by atoms with Crippen molar-refractivity contribution in [1.29, 1.82) is 0 Å². The first kappa shape index (κ1) is 16.2. The second kappa shape index (κ2) is 6.08. The standard InChI is InChI=1S/C19H24N2OS/c1-12-6-5-7-13(10-12)17(22)21-18-20-15-9-8-14(19(2,3)4)11-16(15)23-18/h5-7,10,14H,8-9,11H2,1-4H3,(H,20,21,22). The van der Waals surface area contributed by atoms with Crippen LogP contribution in [0.5, 0.6) is 0 Å². The van der Waals surface area contributed by atoms with Gasteiger partial charge in [0.1, 0.15) is 0 Å². The Morgan fingerprint density at radius 1 is 1.35 bits per heavy atom. The van der Waals surface area contributed by atoms with Crippen LogP contribution in [0.3, 0.4) is 0 Å². The number of hydrogen-bond donors (Lipinski definition) is 1. The molecule has 0 bridgehead atoms. The quantitative estimate of drug-likeness (QED) is 0.856. The van der Waals surface area contributed by atoms with Gasteiger partial charge in [0, 0.05) is 10.4 Å². The van der Waals surface area contributed by atoms with Crippen LogP contribution in [-0.4, -0.2) is 10.9 Å². The molecule has 2 aromatic rings. The molecule has 4 heteroatoms. The Bertz CT molecular complexity index is 727. The molecule has 0 fully saturated rings. The molecule has 1 aromatic carbocycles. The minimum atomic E-state index is -0.0767. The molecule has 1 atom stereocenters. The van der Waals surface area contributed by atoms with E-state index in [-0.39, 0.29) is 5.91 Å². The summed E-state index contributed by atoms with van der Waals surface area (Å²) in [7, 11) is 0. The van der Waals surface area contributed by atoms with Gasteiger partial charge in [0.2, 0.25) is 0 Å². The highest BCUT2D eigenvalue weighted by molar-refractivity contribution is 7.15. The number of benzene rings is 1. The van der Waals surface area contributed by atoms with Crippen molar-refractivity contribution in [3.8, 4) is 0 Å². The minimum absolute atomic E-state index is 0.0767. The average molecular weight is 328 g/mol. The predicted octanol–water partition coefficient (Wildman–Crippen LogP) is 4.85. The second-order valence-corrected chi connectivity index (χ2v) is 8.60. The van der Waals surface area contributed by atoms with Crippen molar-refractivity contribution in [2.24, 2.45) is 11.3 Å². The zero-order valence-corrected chi connectivity index (χ0v) is 15.1. The van der Waals surface area contributed by atoms with Crippen LogP contribution in [0.15, 0.2) is 24.3 Å². The smallest absolute Gasteiger partial charge is 0.257 e. The predicted molar refractivity (Wildman–Crippen MR) is 96.2 cm³/mol. The molecule has 1 amide bonds. The van der Waals surface area contributed by atoms with Gasteiger partial charge in [-0.1, -0.05) is 38.5 Å². The van der Waals surface area contributed by atoms with E-state index in [1.807, 2.05) is 31.2 Å². The van der Waals surface area contributed by atoms with Crippen molar-refractivity contribution >= 4 is 22.4 Å². The molecule has 1 N–H and O–H groups in total. The summed E-state index contributed by atoms with van der Waals surface area (Å²) in [6.07, 6.45) is 3.29. The Hall–Kier alpha value is -1.68. The molecule has 1 unspecified atom stereocenters. The van der Waals surface area contributed by atoms with Crippen LogP contribution < -0.4 is 5.32 Å². The molecule has 0 radical (unpaired) electrons. The van der Waals surface area contributed by atoms with Gasteiger partial charge in [-0.05, 0) is 49.7 Å². The largest absolute Gasteiger partial charge is 0.298 e. The zero-order valence-electron chi connectivity index (χ0n) is 14.3. The van der Waals surface area contributed by atoms with Crippen LogP contribution >= 0.6 is 11.3 Å². The van der Waals surface area contributed by atoms with E-state index in [0.29, 0.717) is 16.9 Å². The third kappa shape index (κ3) is 3.63. The Morgan fingerprint density at radius 2 is 2.13 bits per heavy atom. The van der Waals surface area contributed by atoms with Crippen molar-refractivity contribution < 1.29 is 4.79 Å². The summed E-state index contributed by atoms with van der Waals surface area (Å²) in [5.74, 6) is 0.614. The number of carbonyl (C=O) groups excluding carboxylic acids is 1. The fraction of sp³-hybridized carbons (Fsp3) is 0.474. The SMILES string of the molecule is Cc1cccc(C(=O)Nc2nc3c(s2)CC(C(C)(C)C)CC3)c1. The van der Waals surface area contributed by atoms with Gasteiger partial charge >= 0.3 is 0 Å². The fourth-order valence-electron chi connectivity index (χ4n) is 3.12. The van der Waals surface area contributed by atoms with Gasteiger partial charge in [-0.2, -0.15) is 0 Å². The molecule has 3 nitrogen and oxygen atoms in total. The molecule has 0 saturated heterocycles. The summed E-state index contributed by atoms with van der Waals surface area (Å²) in [5, 5.41) is 3.70. The van der Waals surface area contributed by atoms with Crippen molar-refractivity contribution in [1.82, 2.24) is 4.98 Å². The monoisotopic (exact) mass is 328 g/mol. The van der Waals surface area contributed by atoms with E-state index in [1.54, 1.807) is 11.3 Å². The van der Waals surface area contributed by atoms with Gasteiger partial charge in [0.15, 0.2) is 5.13 Å². The lowest BCUT2D eigenvalue weighted by Gasteiger charge is -2.33. The Labute approximate surface area is 142 Å². The highest BCUT2D eigenvalue weighted by atomic mass is 32.1. The highest BCUT2D eigenvalue weighted by Gasteiger charge is 2.30. The van der Waals surface area contributed by atoms with Gasteiger partial charge in [0.05, 0.1) is 5.69 Å². The molecule has 0 aliphatic heterocycles. The summed E-state index contributed by atoms with van der Waals surface area (Å²) in [6, 6.07) is 7.64. The van der Waals surface area contributed by atoms with Gasteiger partial charge in [-0.3, -0.25) is 10.1 Å². The molecule has 3 rings (SSSR count). The summed E-state index contributed by atoms with van der Waals surface area (Å²) in [5.41, 5.74) is 3.28. The van der Waals surface area contributed by atoms with Crippen molar-refractivity contribution in [3.63, 3.8) is 0 Å². The normalized spacial score (nSPS) is 17.7. The number of aromatic nitrogens is 1. The Morgan fingerprint density at radius 3 is 2.83 bits per heavy atom. The molecule has 0 spiro atoms. The number of fused-ring (bicyclic) bond motifs is 1. The summed E-state index contributed by atoms with van der Waals surface area (Å²) < 4.78 is 0. The first-order valence-corrected chi connectivity index (χ1v) is 9.01. The first-order chi connectivity index (χ1) is 10.8. The number of nitrogens with one attached hydrogen (secondary N) is 1. The molecular weight excluding hydrogens is 304 g/mol. The van der Waals surface area contributed by atoms with E-state index >= 15 is 0 Å². The van der Waals surface area contributed by atoms with Gasteiger partial charge < -0.3 is 0 Å². The lowest BCUT2D eigenvalue weighted by molar-refractivity contribution is 0.102. The summed E-state index contributed by atoms with van der Waals surface area (Å²) >= 11 is 1.64. The number of anilines is 1. The molecule has 1 heterocycles. The van der Waals surface area contributed by atoms with Crippen molar-refractivity contribution in [3.05, 3.63) is 46.0 Å². The lowest BCUT2D eigenvalue weighted by atomic mass is 9.73. The lowest BCUT2D eigenvalue weighted by Crippen LogP contribution is -2.26.